The van der Waals surface area contributed by atoms with Crippen LogP contribution in [0.3, 0.4) is 0 Å². The number of ether oxygens (including phenoxy) is 1. The number of thiocarbonyl (C=S) groups is 1. The number of anilines is 1. The molecule has 14 heavy (non-hydrogen) atoms. The van der Waals surface area contributed by atoms with E-state index >= 15 is 0 Å². The Balaban J connectivity index is 2.42. The van der Waals surface area contributed by atoms with Crippen molar-refractivity contribution in [2.75, 3.05) is 11.9 Å². The van der Waals surface area contributed by atoms with Gasteiger partial charge in [-0.25, -0.2) is 0 Å². The molecular formula is C9H6N2O2S. The molecule has 0 saturated carbocycles. The van der Waals surface area contributed by atoms with Crippen molar-refractivity contribution < 1.29 is 9.53 Å². The van der Waals surface area contributed by atoms with Crippen LogP contribution in [0, 0.1) is 0 Å². The Morgan fingerprint density at radius 1 is 1.57 bits per heavy atom. The van der Waals surface area contributed by atoms with Gasteiger partial charge < -0.3 is 10.1 Å². The Bertz CT molecular complexity index is 438. The van der Waals surface area contributed by atoms with Gasteiger partial charge in [-0.2, -0.15) is 4.99 Å². The highest BCUT2D eigenvalue weighted by molar-refractivity contribution is 7.78. The molecule has 1 aromatic rings. The van der Waals surface area contributed by atoms with Gasteiger partial charge in [-0.1, -0.05) is 0 Å². The third kappa shape index (κ3) is 1.64. The fourth-order valence-electron chi connectivity index (χ4n) is 1.19. The zero-order chi connectivity index (χ0) is 9.97. The van der Waals surface area contributed by atoms with E-state index in [2.05, 4.69) is 27.7 Å². The first-order chi connectivity index (χ1) is 6.79. The van der Waals surface area contributed by atoms with Crippen molar-refractivity contribution in [3.05, 3.63) is 18.2 Å². The molecule has 0 aliphatic carbocycles. The van der Waals surface area contributed by atoms with Crippen LogP contribution < -0.4 is 10.1 Å². The van der Waals surface area contributed by atoms with E-state index in [0.717, 1.165) is 0 Å². The number of nitrogens with one attached hydrogen (secondary N) is 1. The first kappa shape index (κ1) is 8.87. The van der Waals surface area contributed by atoms with Crippen LogP contribution in [-0.4, -0.2) is 17.7 Å². The number of rotatable bonds is 1. The molecule has 0 bridgehead atoms. The van der Waals surface area contributed by atoms with E-state index in [1.807, 2.05) is 0 Å². The van der Waals surface area contributed by atoms with Crippen molar-refractivity contribution in [3.8, 4) is 5.75 Å². The molecule has 2 rings (SSSR count). The van der Waals surface area contributed by atoms with Crippen LogP contribution in [0.5, 0.6) is 5.75 Å². The maximum Gasteiger partial charge on any atom is 0.262 e. The summed E-state index contributed by atoms with van der Waals surface area (Å²) in [4.78, 5) is 14.8. The monoisotopic (exact) mass is 206 g/mol. The minimum Gasteiger partial charge on any atom is -0.482 e. The number of hydrogen-bond donors (Lipinski definition) is 1. The zero-order valence-electron chi connectivity index (χ0n) is 7.11. The van der Waals surface area contributed by atoms with E-state index in [-0.39, 0.29) is 12.5 Å². The summed E-state index contributed by atoms with van der Waals surface area (Å²) in [5.74, 6) is 0.480. The van der Waals surface area contributed by atoms with Crippen LogP contribution in [0.2, 0.25) is 0 Å². The first-order valence-electron chi connectivity index (χ1n) is 3.94. The minimum atomic E-state index is -0.166. The van der Waals surface area contributed by atoms with Crippen molar-refractivity contribution in [2.45, 2.75) is 0 Å². The number of carbonyl (C=O) groups excluding carboxylic acids is 1. The average molecular weight is 206 g/mol. The molecule has 1 heterocycles. The largest absolute Gasteiger partial charge is 0.482 e. The van der Waals surface area contributed by atoms with Crippen molar-refractivity contribution >= 4 is 34.7 Å². The first-order valence-corrected chi connectivity index (χ1v) is 4.35. The van der Waals surface area contributed by atoms with E-state index in [1.54, 1.807) is 18.2 Å². The quantitative estimate of drug-likeness (QED) is 0.562. The van der Waals surface area contributed by atoms with Gasteiger partial charge in [0.2, 0.25) is 0 Å². The molecule has 0 radical (unpaired) electrons. The van der Waals surface area contributed by atoms with E-state index in [1.165, 1.54) is 0 Å². The summed E-state index contributed by atoms with van der Waals surface area (Å²) in [6.07, 6.45) is 0. The zero-order valence-corrected chi connectivity index (χ0v) is 7.93. The number of benzene rings is 1. The standard InChI is InChI=1S/C9H6N2O2S/c12-9-4-13-8-2-1-6(10-5-14)3-7(8)11-9/h1-3H,4H2,(H,11,12). The fourth-order valence-corrected chi connectivity index (χ4v) is 1.30. The Morgan fingerprint density at radius 2 is 2.43 bits per heavy atom. The van der Waals surface area contributed by atoms with Crippen LogP contribution in [0.4, 0.5) is 11.4 Å². The van der Waals surface area contributed by atoms with Gasteiger partial charge in [0.15, 0.2) is 6.61 Å². The van der Waals surface area contributed by atoms with Gasteiger partial charge in [-0.05, 0) is 30.4 Å². The fraction of sp³-hybridized carbons (Fsp3) is 0.111. The van der Waals surface area contributed by atoms with Gasteiger partial charge in [-0.3, -0.25) is 4.79 Å². The Hall–Kier alpha value is -1.71. The Kier molecular flexibility index (Phi) is 2.26. The molecule has 0 saturated heterocycles. The lowest BCUT2D eigenvalue weighted by Gasteiger charge is -2.17. The molecular weight excluding hydrogens is 200 g/mol. The predicted molar refractivity (Wildman–Crippen MR) is 55.3 cm³/mol. The van der Waals surface area contributed by atoms with E-state index in [9.17, 15) is 4.79 Å². The van der Waals surface area contributed by atoms with Crippen LogP contribution in [0.1, 0.15) is 0 Å². The Morgan fingerprint density at radius 3 is 3.21 bits per heavy atom. The van der Waals surface area contributed by atoms with Gasteiger partial charge in [-0.15, -0.1) is 0 Å². The third-order valence-electron chi connectivity index (χ3n) is 1.77. The minimum absolute atomic E-state index is 0.0583. The third-order valence-corrected chi connectivity index (χ3v) is 1.86. The van der Waals surface area contributed by atoms with E-state index in [0.29, 0.717) is 17.1 Å². The maximum atomic E-state index is 11.0. The van der Waals surface area contributed by atoms with E-state index < -0.39 is 0 Å². The lowest BCUT2D eigenvalue weighted by atomic mass is 10.2. The smallest absolute Gasteiger partial charge is 0.262 e. The summed E-state index contributed by atoms with van der Waals surface area (Å²) in [6, 6.07) is 5.17. The van der Waals surface area contributed by atoms with Gasteiger partial charge in [0.05, 0.1) is 16.5 Å². The number of hydrogen-bond acceptors (Lipinski definition) is 4. The van der Waals surface area contributed by atoms with Crippen LogP contribution in [0.15, 0.2) is 23.2 Å². The second kappa shape index (κ2) is 3.57. The number of aliphatic imine (C=N–C) groups is 1. The molecule has 1 aromatic carbocycles. The highest BCUT2D eigenvalue weighted by Gasteiger charge is 2.15. The number of nitrogens with zero attached hydrogens (tertiary/aromatic N) is 1. The maximum absolute atomic E-state index is 11.0. The summed E-state index contributed by atoms with van der Waals surface area (Å²) in [7, 11) is 0. The molecule has 4 nitrogen and oxygen atoms in total. The van der Waals surface area contributed by atoms with Gasteiger partial charge in [0, 0.05) is 0 Å². The molecule has 5 heteroatoms. The summed E-state index contributed by atoms with van der Waals surface area (Å²) in [5.41, 5.74) is 1.26. The number of isothiocyanates is 1. The SMILES string of the molecule is O=C1COc2ccc(N=C=S)cc2N1. The summed E-state index contributed by atoms with van der Waals surface area (Å²) in [6.45, 7) is 0.0583. The molecule has 1 aliphatic rings. The number of fused-ring (bicyclic) bond motifs is 1. The molecule has 1 amide bonds. The van der Waals surface area contributed by atoms with Gasteiger partial charge in [0.25, 0.3) is 5.91 Å². The molecule has 0 spiro atoms. The number of carbonyl (C=O) groups is 1. The molecule has 1 aliphatic heterocycles. The van der Waals surface area contributed by atoms with Gasteiger partial charge in [0.1, 0.15) is 5.75 Å². The van der Waals surface area contributed by atoms with E-state index in [4.69, 9.17) is 4.74 Å². The predicted octanol–water partition coefficient (Wildman–Crippen LogP) is 1.75. The molecule has 0 fully saturated rings. The molecule has 0 unspecified atom stereocenters. The van der Waals surface area contributed by atoms with Crippen LogP contribution in [0.25, 0.3) is 0 Å². The second-order valence-corrected chi connectivity index (χ2v) is 2.90. The van der Waals surface area contributed by atoms with Crippen molar-refractivity contribution in [2.24, 2.45) is 4.99 Å². The highest BCUT2D eigenvalue weighted by Crippen LogP contribution is 2.31. The topological polar surface area (TPSA) is 50.7 Å². The number of amides is 1. The summed E-state index contributed by atoms with van der Waals surface area (Å²) < 4.78 is 5.17. The van der Waals surface area contributed by atoms with Crippen molar-refractivity contribution in [3.63, 3.8) is 0 Å². The highest BCUT2D eigenvalue weighted by atomic mass is 32.1. The lowest BCUT2D eigenvalue weighted by molar-refractivity contribution is -0.118. The van der Waals surface area contributed by atoms with Crippen molar-refractivity contribution in [1.82, 2.24) is 0 Å². The molecule has 0 atom stereocenters. The van der Waals surface area contributed by atoms with Crippen LogP contribution >= 0.6 is 12.2 Å². The summed E-state index contributed by atoms with van der Waals surface area (Å²) in [5, 5.41) is 4.93. The second-order valence-electron chi connectivity index (χ2n) is 2.72. The van der Waals surface area contributed by atoms with Gasteiger partial charge >= 0.3 is 0 Å². The molecule has 70 valence electrons. The van der Waals surface area contributed by atoms with Crippen LogP contribution in [-0.2, 0) is 4.79 Å². The lowest BCUT2D eigenvalue weighted by Crippen LogP contribution is -2.25. The Labute approximate surface area is 85.6 Å². The molecule has 1 N–H and O–H groups in total. The average Bonchev–Trinajstić information content (AvgIpc) is 2.17. The summed E-state index contributed by atoms with van der Waals surface area (Å²) >= 11 is 4.48. The normalized spacial score (nSPS) is 13.3. The van der Waals surface area contributed by atoms with Crippen molar-refractivity contribution in [1.29, 1.82) is 0 Å². The molecule has 0 aromatic heterocycles.